The molecule has 0 spiro atoms. The second-order valence-electron chi connectivity index (χ2n) is 3.40. The molecule has 1 aromatic carbocycles. The van der Waals surface area contributed by atoms with Crippen LogP contribution in [0.5, 0.6) is 0 Å². The van der Waals surface area contributed by atoms with E-state index in [1.165, 1.54) is 0 Å². The molecule has 1 amide bonds. The van der Waals surface area contributed by atoms with Gasteiger partial charge in [0, 0.05) is 19.8 Å². The molecular formula is C12H13N3O. The minimum absolute atomic E-state index is 0.0847. The number of anilines is 1. The number of benzene rings is 1. The summed E-state index contributed by atoms with van der Waals surface area (Å²) in [5, 5.41) is 2.63. The molecule has 1 heterocycles. The molecule has 0 aliphatic carbocycles. The average molecular weight is 215 g/mol. The third-order valence-electron chi connectivity index (χ3n) is 2.38. The highest BCUT2D eigenvalue weighted by Gasteiger charge is 2.13. The van der Waals surface area contributed by atoms with Gasteiger partial charge in [-0.1, -0.05) is 12.1 Å². The Hall–Kier alpha value is -2.10. The van der Waals surface area contributed by atoms with Gasteiger partial charge in [0.05, 0.1) is 17.6 Å². The van der Waals surface area contributed by atoms with Gasteiger partial charge in [0.2, 0.25) is 0 Å². The Morgan fingerprint density at radius 2 is 2.25 bits per heavy atom. The molecule has 1 aliphatic heterocycles. The van der Waals surface area contributed by atoms with Crippen LogP contribution < -0.4 is 10.2 Å². The predicted octanol–water partition coefficient (Wildman–Crippen LogP) is 1.41. The van der Waals surface area contributed by atoms with Gasteiger partial charge in [-0.15, -0.1) is 0 Å². The van der Waals surface area contributed by atoms with E-state index in [2.05, 4.69) is 10.3 Å². The zero-order valence-corrected chi connectivity index (χ0v) is 9.05. The summed E-state index contributed by atoms with van der Waals surface area (Å²) < 4.78 is 0. The van der Waals surface area contributed by atoms with Gasteiger partial charge in [-0.2, -0.15) is 0 Å². The Kier molecular flexibility index (Phi) is 3.00. The van der Waals surface area contributed by atoms with Gasteiger partial charge in [-0.25, -0.2) is 4.99 Å². The molecule has 0 fully saturated rings. The van der Waals surface area contributed by atoms with Crippen LogP contribution in [0.1, 0.15) is 10.4 Å². The van der Waals surface area contributed by atoms with Crippen molar-refractivity contribution in [2.24, 2.45) is 4.99 Å². The van der Waals surface area contributed by atoms with E-state index in [1.54, 1.807) is 25.7 Å². The quantitative estimate of drug-likeness (QED) is 0.810. The minimum Gasteiger partial charge on any atom is -0.355 e. The van der Waals surface area contributed by atoms with E-state index < -0.39 is 0 Å². The maximum atomic E-state index is 11.7. The molecule has 1 aromatic rings. The molecule has 0 saturated carbocycles. The van der Waals surface area contributed by atoms with Crippen molar-refractivity contribution >= 4 is 17.9 Å². The highest BCUT2D eigenvalue weighted by molar-refractivity contribution is 6.02. The Bertz CT molecular complexity index is 451. The third kappa shape index (κ3) is 1.95. The van der Waals surface area contributed by atoms with E-state index in [9.17, 15) is 4.79 Å². The fraction of sp³-hybridized carbons (Fsp3) is 0.167. The molecule has 0 unspecified atom stereocenters. The molecule has 0 aromatic heterocycles. The number of hydrogen-bond donors (Lipinski definition) is 1. The van der Waals surface area contributed by atoms with Gasteiger partial charge in [-0.3, -0.25) is 4.79 Å². The van der Waals surface area contributed by atoms with Crippen LogP contribution in [-0.4, -0.2) is 25.8 Å². The molecule has 0 radical (unpaired) electrons. The first-order valence-electron chi connectivity index (χ1n) is 5.09. The summed E-state index contributed by atoms with van der Waals surface area (Å²) in [6.07, 6.45) is 5.42. The van der Waals surface area contributed by atoms with Gasteiger partial charge in [0.15, 0.2) is 0 Å². The van der Waals surface area contributed by atoms with E-state index >= 15 is 0 Å². The lowest BCUT2D eigenvalue weighted by molar-refractivity contribution is 0.0963. The van der Waals surface area contributed by atoms with Gasteiger partial charge >= 0.3 is 0 Å². The highest BCUT2D eigenvalue weighted by atomic mass is 16.1. The number of hydrogen-bond acceptors (Lipinski definition) is 3. The summed E-state index contributed by atoms with van der Waals surface area (Å²) in [7, 11) is 1.63. The number of carbonyl (C=O) groups is 1. The van der Waals surface area contributed by atoms with Crippen LogP contribution >= 0.6 is 0 Å². The molecule has 0 bridgehead atoms. The van der Waals surface area contributed by atoms with Crippen molar-refractivity contribution in [3.63, 3.8) is 0 Å². The number of para-hydroxylation sites is 1. The number of amides is 1. The smallest absolute Gasteiger partial charge is 0.253 e. The predicted molar refractivity (Wildman–Crippen MR) is 64.8 cm³/mol. The topological polar surface area (TPSA) is 44.7 Å². The monoisotopic (exact) mass is 215 g/mol. The Labute approximate surface area is 94.3 Å². The molecule has 2 rings (SSSR count). The summed E-state index contributed by atoms with van der Waals surface area (Å²) in [4.78, 5) is 17.7. The Balaban J connectivity index is 2.36. The molecule has 4 heteroatoms. The zero-order valence-electron chi connectivity index (χ0n) is 9.05. The van der Waals surface area contributed by atoms with Crippen molar-refractivity contribution in [2.45, 2.75) is 0 Å². The van der Waals surface area contributed by atoms with Crippen molar-refractivity contribution in [1.82, 2.24) is 5.32 Å². The van der Waals surface area contributed by atoms with Crippen LogP contribution in [0.4, 0.5) is 5.69 Å². The first-order chi connectivity index (χ1) is 7.83. The SMILES string of the molecule is CNC(=O)c1ccccc1N1C=NC=CC1. The summed E-state index contributed by atoms with van der Waals surface area (Å²) in [5.74, 6) is -0.0847. The second-order valence-corrected chi connectivity index (χ2v) is 3.40. The maximum absolute atomic E-state index is 11.7. The molecule has 4 nitrogen and oxygen atoms in total. The van der Waals surface area contributed by atoms with E-state index in [-0.39, 0.29) is 5.91 Å². The Morgan fingerprint density at radius 1 is 1.44 bits per heavy atom. The van der Waals surface area contributed by atoms with Crippen LogP contribution in [0.3, 0.4) is 0 Å². The highest BCUT2D eigenvalue weighted by Crippen LogP contribution is 2.20. The molecule has 1 N–H and O–H groups in total. The molecule has 0 saturated heterocycles. The summed E-state index contributed by atoms with van der Waals surface area (Å²) >= 11 is 0. The summed E-state index contributed by atoms with van der Waals surface area (Å²) in [6.45, 7) is 0.734. The van der Waals surface area contributed by atoms with E-state index in [1.807, 2.05) is 29.2 Å². The maximum Gasteiger partial charge on any atom is 0.253 e. The van der Waals surface area contributed by atoms with E-state index in [0.29, 0.717) is 5.56 Å². The average Bonchev–Trinajstić information content (AvgIpc) is 2.39. The number of carbonyl (C=O) groups excluding carboxylic acids is 1. The number of nitrogens with one attached hydrogen (secondary N) is 1. The fourth-order valence-electron chi connectivity index (χ4n) is 1.60. The first kappa shape index (κ1) is 10.4. The number of nitrogens with zero attached hydrogens (tertiary/aromatic N) is 2. The second kappa shape index (κ2) is 4.61. The van der Waals surface area contributed by atoms with Crippen LogP contribution in [0.25, 0.3) is 0 Å². The molecule has 82 valence electrons. The van der Waals surface area contributed by atoms with Gasteiger partial charge < -0.3 is 10.2 Å². The number of aliphatic imine (C=N–C) groups is 1. The van der Waals surface area contributed by atoms with Gasteiger partial charge in [0.1, 0.15) is 0 Å². The van der Waals surface area contributed by atoms with E-state index in [0.717, 1.165) is 12.2 Å². The minimum atomic E-state index is -0.0847. The Morgan fingerprint density at radius 3 is 2.94 bits per heavy atom. The normalized spacial score (nSPS) is 13.9. The largest absolute Gasteiger partial charge is 0.355 e. The zero-order chi connectivity index (χ0) is 11.4. The van der Waals surface area contributed by atoms with Crippen LogP contribution in [-0.2, 0) is 0 Å². The lowest BCUT2D eigenvalue weighted by Crippen LogP contribution is -2.27. The molecule has 0 atom stereocenters. The van der Waals surface area contributed by atoms with Crippen LogP contribution in [0.2, 0.25) is 0 Å². The standard InChI is InChI=1S/C12H13N3O/c1-13-12(16)10-5-2-3-6-11(10)15-8-4-7-14-9-15/h2-7,9H,8H2,1H3,(H,13,16). The van der Waals surface area contributed by atoms with Gasteiger partial charge in [-0.05, 0) is 18.2 Å². The molecule has 16 heavy (non-hydrogen) atoms. The van der Waals surface area contributed by atoms with Crippen molar-refractivity contribution in [3.8, 4) is 0 Å². The van der Waals surface area contributed by atoms with E-state index in [4.69, 9.17) is 0 Å². The third-order valence-corrected chi connectivity index (χ3v) is 2.38. The lowest BCUT2D eigenvalue weighted by Gasteiger charge is -2.21. The lowest BCUT2D eigenvalue weighted by atomic mass is 10.1. The molecule has 1 aliphatic rings. The summed E-state index contributed by atoms with van der Waals surface area (Å²) in [5.41, 5.74) is 1.53. The summed E-state index contributed by atoms with van der Waals surface area (Å²) in [6, 6.07) is 7.48. The van der Waals surface area contributed by atoms with Crippen molar-refractivity contribution in [1.29, 1.82) is 0 Å². The fourth-order valence-corrected chi connectivity index (χ4v) is 1.60. The van der Waals surface area contributed by atoms with Crippen LogP contribution in [0.15, 0.2) is 41.5 Å². The van der Waals surface area contributed by atoms with Gasteiger partial charge in [0.25, 0.3) is 5.91 Å². The molecular weight excluding hydrogens is 202 g/mol. The van der Waals surface area contributed by atoms with Crippen molar-refractivity contribution in [3.05, 3.63) is 42.1 Å². The first-order valence-corrected chi connectivity index (χ1v) is 5.09. The number of rotatable bonds is 2. The van der Waals surface area contributed by atoms with Crippen LogP contribution in [0, 0.1) is 0 Å². The van der Waals surface area contributed by atoms with Crippen molar-refractivity contribution < 1.29 is 4.79 Å². The van der Waals surface area contributed by atoms with Crippen molar-refractivity contribution in [2.75, 3.05) is 18.5 Å².